The van der Waals surface area contributed by atoms with Crippen molar-refractivity contribution in [3.63, 3.8) is 0 Å². The van der Waals surface area contributed by atoms with Crippen LogP contribution in [0.1, 0.15) is 116 Å². The Labute approximate surface area is 877 Å². The van der Waals surface area contributed by atoms with Gasteiger partial charge in [0.2, 0.25) is 0 Å². The molecule has 6 aliphatic rings. The minimum Gasteiger partial charge on any atom is -0.743 e. The molecule has 0 spiro atoms. The van der Waals surface area contributed by atoms with Crippen molar-refractivity contribution in [1.29, 1.82) is 0 Å². The predicted molar refractivity (Wildman–Crippen MR) is 552 cm³/mol. The van der Waals surface area contributed by atoms with Crippen LogP contribution in [0, 0.1) is 53.3 Å². The Bertz CT molecular complexity index is 5750. The molecule has 0 amide bonds. The normalized spacial score (nSPS) is 18.5. The van der Waals surface area contributed by atoms with Crippen molar-refractivity contribution in [3.05, 3.63) is 364 Å². The third-order valence-corrected chi connectivity index (χ3v) is 37.9. The lowest BCUT2D eigenvalue weighted by molar-refractivity contribution is -0.164. The van der Waals surface area contributed by atoms with Gasteiger partial charge in [-0.05, 0) is 263 Å². The first-order valence-electron chi connectivity index (χ1n) is 48.4. The molecule has 4 bridgehead atoms. The zero-order valence-electron chi connectivity index (χ0n) is 81.2. The number of fused-ring (bicyclic) bond motifs is 7. The number of benzene rings is 12. The number of alkyl halides is 8. The lowest BCUT2D eigenvalue weighted by Crippen LogP contribution is -2.40. The summed E-state index contributed by atoms with van der Waals surface area (Å²) in [7, 11) is -23.9. The molecule has 6 aliphatic carbocycles. The topological polar surface area (TPSA) is 351 Å². The molecule has 0 aromatic heterocycles. The smallest absolute Gasteiger partial charge is 0.465 e. The van der Waals surface area contributed by atoms with E-state index in [4.69, 9.17) is 9.66 Å². The molecular weight excluding hydrogens is 2090 g/mol. The Kier molecular flexibility index (Phi) is 44.7. The average Bonchev–Trinajstić information content (AvgIpc) is 1.59. The van der Waals surface area contributed by atoms with Crippen LogP contribution in [0.15, 0.2) is 423 Å². The summed E-state index contributed by atoms with van der Waals surface area (Å²) in [4.78, 5) is 59.9. The summed E-state index contributed by atoms with van der Waals surface area (Å²) in [6.45, 7) is 0.530. The molecule has 9 unspecified atom stereocenters. The van der Waals surface area contributed by atoms with Gasteiger partial charge in [0.25, 0.3) is 0 Å². The highest BCUT2D eigenvalue weighted by molar-refractivity contribution is 7.98. The van der Waals surface area contributed by atoms with Crippen LogP contribution in [0.2, 0.25) is 0 Å². The fourth-order valence-corrected chi connectivity index (χ4v) is 28.2. The first-order chi connectivity index (χ1) is 71.1. The monoisotopic (exact) mass is 2210 g/mol. The van der Waals surface area contributed by atoms with Crippen molar-refractivity contribution in [2.24, 2.45) is 53.3 Å². The van der Waals surface area contributed by atoms with E-state index < -0.39 is 98.1 Å². The maximum Gasteiger partial charge on any atom is 0.465 e. The molecule has 0 aliphatic heterocycles. The average molecular weight is 2210 g/mol. The van der Waals surface area contributed by atoms with E-state index in [0.29, 0.717) is 42.4 Å². The van der Waals surface area contributed by atoms with Crippen LogP contribution in [0.4, 0.5) is 35.1 Å². The SMILES string of the molecule is CCCC(O)CCOC(=O)C(F)(F)S(=O)(=O)[O-].O=C(OCC1CC2CC1C1CCCC21)C(F)(F)S(=O)(=O)O.O=C(OCC1CC2CCC1C2)C(F)(F)S(=O)(=O)[O-].O=C(OCC1CCCCC1)C(F)(F)S(=O)(=O)[O-].c1ccc([S+](c2ccccc2)c2ccccc2)cc1.c1ccc([S+](c2ccccc2)c2ccccc2)cc1.c1ccc([S+](c2ccccc2)c2ccccc2)cc1.c1ccc([S+](c2ccccc2)c2ccccc2)cc1. The molecule has 37 heteroatoms. The molecule has 2 N–H and O–H groups in total. The third kappa shape index (κ3) is 33.7. The van der Waals surface area contributed by atoms with Gasteiger partial charge in [-0.25, -0.2) is 44.4 Å². The van der Waals surface area contributed by atoms with Crippen LogP contribution in [0.5, 0.6) is 0 Å². The van der Waals surface area contributed by atoms with E-state index in [1.54, 1.807) is 6.92 Å². The molecule has 0 saturated heterocycles. The molecular formula is C112H117F8O21S8+. The van der Waals surface area contributed by atoms with Gasteiger partial charge in [0, 0.05) is 6.42 Å². The summed E-state index contributed by atoms with van der Waals surface area (Å²) >= 11 is 0. The van der Waals surface area contributed by atoms with Gasteiger partial charge in [0.05, 0.1) is 76.1 Å². The predicted octanol–water partition coefficient (Wildman–Crippen LogP) is 23.8. The van der Waals surface area contributed by atoms with Crippen molar-refractivity contribution in [3.8, 4) is 0 Å². The van der Waals surface area contributed by atoms with E-state index in [0.717, 1.165) is 83.0 Å². The molecule has 6 saturated carbocycles. The zero-order chi connectivity index (χ0) is 107. The van der Waals surface area contributed by atoms with E-state index in [2.05, 4.69) is 383 Å². The number of halogens is 8. The first-order valence-corrected chi connectivity index (χ1v) is 59.0. The van der Waals surface area contributed by atoms with Gasteiger partial charge in [-0.15, -0.1) is 0 Å². The second-order valence-corrected chi connectivity index (χ2v) is 49.7. The molecule has 6 fully saturated rings. The van der Waals surface area contributed by atoms with Crippen molar-refractivity contribution in [2.45, 2.75) is 202 Å². The number of rotatable bonds is 31. The van der Waals surface area contributed by atoms with Crippen LogP contribution < -0.4 is 0 Å². The number of ether oxygens (including phenoxy) is 4. The highest BCUT2D eigenvalue weighted by Crippen LogP contribution is 2.61. The maximum absolute atomic E-state index is 13.1. The minimum atomic E-state index is -6.08. The summed E-state index contributed by atoms with van der Waals surface area (Å²) in [6.07, 6.45) is 14.0. The van der Waals surface area contributed by atoms with Gasteiger partial charge in [0.15, 0.2) is 89.1 Å². The third-order valence-electron chi connectivity index (χ3n) is 25.8. The summed E-state index contributed by atoms with van der Waals surface area (Å²) in [5, 5.41) is -10.8. The number of hydrogen-bond donors (Lipinski definition) is 2. The van der Waals surface area contributed by atoms with Crippen molar-refractivity contribution >= 4 is 108 Å². The van der Waals surface area contributed by atoms with Crippen LogP contribution >= 0.6 is 0 Å². The Morgan fingerprint density at radius 2 is 0.564 bits per heavy atom. The number of aliphatic hydroxyl groups excluding tert-OH is 1. The van der Waals surface area contributed by atoms with Crippen molar-refractivity contribution < 1.29 is 130 Å². The van der Waals surface area contributed by atoms with E-state index in [9.17, 15) is 102 Å². The number of hydrogen-bond acceptors (Lipinski definition) is 20. The number of carbonyl (C=O) groups is 4. The summed E-state index contributed by atoms with van der Waals surface area (Å²) in [5.74, 6) is -5.88. The van der Waals surface area contributed by atoms with Gasteiger partial charge < -0.3 is 37.7 Å². The van der Waals surface area contributed by atoms with Crippen LogP contribution in [-0.4, -0.2) is 134 Å². The Hall–Kier alpha value is -11.0. The van der Waals surface area contributed by atoms with Crippen LogP contribution in [-0.2, 0) is 122 Å². The number of aliphatic hydroxyl groups is 1. The molecule has 0 heterocycles. The standard InChI is InChI=1S/4C18H15S.C13H18F2O5S.C10H14F2O5S.C9H14F2O5S.C8H14F2O6S/c4*1-4-10-16(11-5-1)19(17-12-6-2-7-13-17)18-14-8-3-9-15-18;14-13(15,21(17,18)19)12(16)20-6-8-4-7-5-11(8)10-3-1-2-9(7)10;11-10(12,18(14,15)16)9(13)17-5-8-4-6-1-2-7(8)3-6;10-9(11,17(13,14)15)8(12)16-6-7-4-2-1-3-5-7;1-2-3-6(11)4-5-16-7(12)8(9,10)17(13,14)15/h4*1-15H;7-11H,1-6H2,(H,17,18,19);6-8H,1-5H2,(H,14,15,16);7H,1-6H2,(H,13,14,15);6,11H,2-5H2,1H3,(H,13,14,15)/q4*+1;;;;/p-3. The van der Waals surface area contributed by atoms with Crippen LogP contribution in [0.25, 0.3) is 0 Å². The van der Waals surface area contributed by atoms with Crippen molar-refractivity contribution in [2.75, 3.05) is 26.4 Å². The van der Waals surface area contributed by atoms with Crippen molar-refractivity contribution in [1.82, 2.24) is 0 Å². The van der Waals surface area contributed by atoms with E-state index in [-0.39, 0.29) is 87.6 Å². The molecule has 9 atom stereocenters. The quantitative estimate of drug-likeness (QED) is 0.0134. The lowest BCUT2D eigenvalue weighted by atomic mass is 9.76. The summed E-state index contributed by atoms with van der Waals surface area (Å²) < 4.78 is 240. The van der Waals surface area contributed by atoms with E-state index in [1.165, 1.54) is 71.6 Å². The maximum atomic E-state index is 13.1. The fraction of sp³-hybridized carbons (Fsp3) is 0.321. The first kappa shape index (κ1) is 118. The molecule has 18 rings (SSSR count). The largest absolute Gasteiger partial charge is 0.743 e. The van der Waals surface area contributed by atoms with E-state index in [1.807, 2.05) is 0 Å². The Morgan fingerprint density at radius 1 is 0.302 bits per heavy atom. The molecule has 12 aromatic carbocycles. The van der Waals surface area contributed by atoms with Gasteiger partial charge in [-0.2, -0.15) is 43.5 Å². The Morgan fingerprint density at radius 3 is 0.819 bits per heavy atom. The van der Waals surface area contributed by atoms with Gasteiger partial charge in [-0.1, -0.05) is 264 Å². The molecule has 794 valence electrons. The van der Waals surface area contributed by atoms with Crippen LogP contribution in [0.3, 0.4) is 0 Å². The lowest BCUT2D eigenvalue weighted by Gasteiger charge is -2.31. The van der Waals surface area contributed by atoms with Gasteiger partial charge in [0.1, 0.15) is 0 Å². The zero-order valence-corrected chi connectivity index (χ0v) is 87.7. The second kappa shape index (κ2) is 56.4. The highest BCUT2D eigenvalue weighted by Gasteiger charge is 2.58. The number of esters is 4. The molecule has 0 radical (unpaired) electrons. The number of carbonyl (C=O) groups excluding carboxylic acids is 4. The molecule has 149 heavy (non-hydrogen) atoms. The minimum absolute atomic E-state index is 0.0119. The Balaban J connectivity index is 0.000000162. The molecule has 12 aromatic rings. The van der Waals surface area contributed by atoms with Gasteiger partial charge >= 0.3 is 55.0 Å². The van der Waals surface area contributed by atoms with E-state index >= 15 is 0 Å². The van der Waals surface area contributed by atoms with Gasteiger partial charge in [-0.3, -0.25) is 4.55 Å². The molecule has 21 nitrogen and oxygen atoms in total. The second-order valence-electron chi connectivity index (χ2n) is 35.9. The fourth-order valence-electron chi connectivity index (χ4n) is 18.7. The highest BCUT2D eigenvalue weighted by atomic mass is 32.2. The summed E-state index contributed by atoms with van der Waals surface area (Å²) in [5.41, 5.74) is 0. The summed E-state index contributed by atoms with van der Waals surface area (Å²) in [6, 6.07) is 129.